The molecular formula is C21H24ClN3O3. The monoisotopic (exact) mass is 401 g/mol. The Kier molecular flexibility index (Phi) is 6.67. The second-order valence-corrected chi connectivity index (χ2v) is 6.92. The Balaban J connectivity index is 0.00000225. The second-order valence-electron chi connectivity index (χ2n) is 6.92. The summed E-state index contributed by atoms with van der Waals surface area (Å²) in [4.78, 5) is 17.0. The molecule has 0 spiro atoms. The number of anilines is 1. The summed E-state index contributed by atoms with van der Waals surface area (Å²) in [6.45, 7) is 1.33. The quantitative estimate of drug-likeness (QED) is 0.682. The summed E-state index contributed by atoms with van der Waals surface area (Å²) in [5.74, 6) is 0.633. The van der Waals surface area contributed by atoms with E-state index in [9.17, 15) is 4.79 Å². The molecule has 7 heteroatoms. The van der Waals surface area contributed by atoms with Gasteiger partial charge in [0.25, 0.3) is 0 Å². The molecule has 2 aromatic carbocycles. The van der Waals surface area contributed by atoms with Crippen LogP contribution in [0, 0.1) is 5.92 Å². The molecule has 28 heavy (non-hydrogen) atoms. The molecule has 0 bridgehead atoms. The normalized spacial score (nSPS) is 15.8. The van der Waals surface area contributed by atoms with Crippen LogP contribution in [0.3, 0.4) is 0 Å². The van der Waals surface area contributed by atoms with E-state index < -0.39 is 6.04 Å². The number of ether oxygens (including phenoxy) is 1. The van der Waals surface area contributed by atoms with Crippen molar-refractivity contribution < 1.29 is 13.9 Å². The molecule has 1 aromatic heterocycles. The number of oxazole rings is 1. The molecule has 1 amide bonds. The lowest BCUT2D eigenvalue weighted by atomic mass is 9.92. The van der Waals surface area contributed by atoms with E-state index in [-0.39, 0.29) is 24.2 Å². The maximum Gasteiger partial charge on any atom is 0.241 e. The first-order chi connectivity index (χ1) is 13.2. The van der Waals surface area contributed by atoms with Gasteiger partial charge in [0, 0.05) is 31.4 Å². The summed E-state index contributed by atoms with van der Waals surface area (Å²) in [5, 5.41) is 2.90. The minimum atomic E-state index is -0.534. The van der Waals surface area contributed by atoms with Gasteiger partial charge in [0.2, 0.25) is 5.91 Å². The Bertz CT molecular complexity index is 923. The number of carbonyl (C=O) groups is 1. The number of carbonyl (C=O) groups excluding carboxylic acids is 1. The molecule has 148 valence electrons. The first kappa shape index (κ1) is 20.3. The molecule has 1 aliphatic rings. The number of rotatable bonds is 5. The molecular weight excluding hydrogens is 378 g/mol. The predicted octanol–water partition coefficient (Wildman–Crippen LogP) is 3.53. The zero-order valence-electron chi connectivity index (χ0n) is 15.5. The van der Waals surface area contributed by atoms with Crippen LogP contribution in [0.25, 0.3) is 11.1 Å². The topological polar surface area (TPSA) is 90.4 Å². The van der Waals surface area contributed by atoms with Gasteiger partial charge in [0.05, 0.1) is 6.04 Å². The number of fused-ring (bicyclic) bond motifs is 1. The third kappa shape index (κ3) is 4.70. The van der Waals surface area contributed by atoms with Crippen LogP contribution < -0.4 is 11.1 Å². The Labute approximate surface area is 169 Å². The van der Waals surface area contributed by atoms with E-state index in [1.807, 2.05) is 42.5 Å². The molecule has 4 rings (SSSR count). The van der Waals surface area contributed by atoms with Crippen LogP contribution in [0.4, 0.5) is 5.69 Å². The summed E-state index contributed by atoms with van der Waals surface area (Å²) in [6, 6.07) is 15.0. The van der Waals surface area contributed by atoms with Crippen molar-refractivity contribution in [3.8, 4) is 0 Å². The van der Waals surface area contributed by atoms with Crippen LogP contribution in [0.1, 0.15) is 24.3 Å². The number of nitrogens with zero attached hydrogens (tertiary/aromatic N) is 1. The minimum Gasteiger partial charge on any atom is -0.440 e. The number of benzene rings is 2. The number of nitrogens with two attached hydrogens (primary N) is 1. The maximum absolute atomic E-state index is 12.5. The number of amides is 1. The van der Waals surface area contributed by atoms with E-state index in [1.54, 1.807) is 6.07 Å². The van der Waals surface area contributed by atoms with Crippen molar-refractivity contribution in [3.05, 3.63) is 60.0 Å². The molecule has 2 heterocycles. The van der Waals surface area contributed by atoms with E-state index >= 15 is 0 Å². The molecule has 1 unspecified atom stereocenters. The standard InChI is InChI=1S/C21H23N3O3.ClH/c22-20(15-8-10-26-11-9-15)21(25)23-16-6-7-17-18(13-16)27-19(24-17)12-14-4-2-1-3-5-14;/h1-7,13,15,20H,8-12,22H2,(H,23,25);1H. The number of aromatic nitrogens is 1. The minimum absolute atomic E-state index is 0. The summed E-state index contributed by atoms with van der Waals surface area (Å²) in [6.07, 6.45) is 2.27. The van der Waals surface area contributed by atoms with Crippen LogP contribution in [0.15, 0.2) is 52.9 Å². The fourth-order valence-corrected chi connectivity index (χ4v) is 3.41. The number of halogens is 1. The zero-order valence-corrected chi connectivity index (χ0v) is 16.3. The molecule has 1 fully saturated rings. The van der Waals surface area contributed by atoms with E-state index in [0.717, 1.165) is 23.9 Å². The Morgan fingerprint density at radius 3 is 2.68 bits per heavy atom. The highest BCUT2D eigenvalue weighted by atomic mass is 35.5. The van der Waals surface area contributed by atoms with E-state index in [2.05, 4.69) is 10.3 Å². The molecule has 1 saturated heterocycles. The lowest BCUT2D eigenvalue weighted by Gasteiger charge is -2.26. The van der Waals surface area contributed by atoms with Gasteiger partial charge in [0.1, 0.15) is 5.52 Å². The van der Waals surface area contributed by atoms with Crippen molar-refractivity contribution >= 4 is 35.1 Å². The van der Waals surface area contributed by atoms with Crippen LogP contribution >= 0.6 is 12.4 Å². The number of hydrogen-bond donors (Lipinski definition) is 2. The molecule has 0 saturated carbocycles. The van der Waals surface area contributed by atoms with Crippen molar-refractivity contribution in [2.75, 3.05) is 18.5 Å². The number of hydrogen-bond acceptors (Lipinski definition) is 5. The van der Waals surface area contributed by atoms with Gasteiger partial charge in [-0.25, -0.2) is 4.98 Å². The molecule has 1 atom stereocenters. The summed E-state index contributed by atoms with van der Waals surface area (Å²) in [5.41, 5.74) is 9.36. The second kappa shape index (κ2) is 9.19. The fourth-order valence-electron chi connectivity index (χ4n) is 3.41. The Hall–Kier alpha value is -2.41. The Morgan fingerprint density at radius 2 is 1.93 bits per heavy atom. The van der Waals surface area contributed by atoms with Gasteiger partial charge in [0.15, 0.2) is 11.5 Å². The largest absolute Gasteiger partial charge is 0.440 e. The smallest absolute Gasteiger partial charge is 0.241 e. The lowest BCUT2D eigenvalue weighted by Crippen LogP contribution is -2.43. The van der Waals surface area contributed by atoms with Crippen molar-refractivity contribution in [2.24, 2.45) is 11.7 Å². The van der Waals surface area contributed by atoms with Crippen molar-refractivity contribution in [1.82, 2.24) is 4.98 Å². The first-order valence-corrected chi connectivity index (χ1v) is 9.26. The van der Waals surface area contributed by atoms with Crippen molar-refractivity contribution in [1.29, 1.82) is 0 Å². The van der Waals surface area contributed by atoms with Gasteiger partial charge >= 0.3 is 0 Å². The third-order valence-corrected chi connectivity index (χ3v) is 4.98. The molecule has 0 aliphatic carbocycles. The van der Waals surface area contributed by atoms with Crippen molar-refractivity contribution in [2.45, 2.75) is 25.3 Å². The SMILES string of the molecule is Cl.NC(C(=O)Nc1ccc2nc(Cc3ccccc3)oc2c1)C1CCOCC1. The molecule has 0 radical (unpaired) electrons. The third-order valence-electron chi connectivity index (χ3n) is 4.98. The average molecular weight is 402 g/mol. The van der Waals surface area contributed by atoms with Crippen LogP contribution in [-0.4, -0.2) is 30.1 Å². The van der Waals surface area contributed by atoms with Gasteiger partial charge in [-0.2, -0.15) is 0 Å². The zero-order chi connectivity index (χ0) is 18.6. The van der Waals surface area contributed by atoms with Gasteiger partial charge in [-0.05, 0) is 36.5 Å². The van der Waals surface area contributed by atoms with Gasteiger partial charge in [-0.3, -0.25) is 4.79 Å². The van der Waals surface area contributed by atoms with Gasteiger partial charge < -0.3 is 20.2 Å². The highest BCUT2D eigenvalue weighted by molar-refractivity contribution is 5.96. The summed E-state index contributed by atoms with van der Waals surface area (Å²) in [7, 11) is 0. The molecule has 3 aromatic rings. The van der Waals surface area contributed by atoms with Crippen molar-refractivity contribution in [3.63, 3.8) is 0 Å². The van der Waals surface area contributed by atoms with Crippen LogP contribution in [0.5, 0.6) is 0 Å². The average Bonchev–Trinajstić information content (AvgIpc) is 3.10. The lowest BCUT2D eigenvalue weighted by molar-refractivity contribution is -0.119. The van der Waals surface area contributed by atoms with Crippen LogP contribution in [0.2, 0.25) is 0 Å². The van der Waals surface area contributed by atoms with E-state index in [1.165, 1.54) is 0 Å². The van der Waals surface area contributed by atoms with E-state index in [0.29, 0.717) is 36.8 Å². The van der Waals surface area contributed by atoms with E-state index in [4.69, 9.17) is 14.9 Å². The molecule has 6 nitrogen and oxygen atoms in total. The Morgan fingerprint density at radius 1 is 1.18 bits per heavy atom. The molecule has 1 aliphatic heterocycles. The van der Waals surface area contributed by atoms with Gasteiger partial charge in [-0.1, -0.05) is 30.3 Å². The fraction of sp³-hybridized carbons (Fsp3) is 0.333. The summed E-state index contributed by atoms with van der Waals surface area (Å²) >= 11 is 0. The highest BCUT2D eigenvalue weighted by Crippen LogP contribution is 2.23. The van der Waals surface area contributed by atoms with Gasteiger partial charge in [-0.15, -0.1) is 12.4 Å². The molecule has 3 N–H and O–H groups in total. The highest BCUT2D eigenvalue weighted by Gasteiger charge is 2.26. The maximum atomic E-state index is 12.5. The first-order valence-electron chi connectivity index (χ1n) is 9.26. The number of nitrogens with one attached hydrogen (secondary N) is 1. The van der Waals surface area contributed by atoms with Crippen LogP contribution in [-0.2, 0) is 16.0 Å². The predicted molar refractivity (Wildman–Crippen MR) is 111 cm³/mol. The summed E-state index contributed by atoms with van der Waals surface area (Å²) < 4.78 is 11.2.